The highest BCUT2D eigenvalue weighted by atomic mass is 14.6. The fourth-order valence-electron chi connectivity index (χ4n) is 2.99. The van der Waals surface area contributed by atoms with Crippen LogP contribution in [0.25, 0.3) is 0 Å². The molecule has 0 amide bonds. The molecule has 0 aliphatic rings. The minimum absolute atomic E-state index is 0.580. The number of nitrogens with zero attached hydrogens (tertiary/aromatic N) is 1. The Labute approximate surface area is 177 Å². The number of aromatic nitrogens is 1. The van der Waals surface area contributed by atoms with Crippen molar-refractivity contribution in [2.45, 2.75) is 107 Å². The summed E-state index contributed by atoms with van der Waals surface area (Å²) in [6.07, 6.45) is 3.86. The Morgan fingerprint density at radius 3 is 1.11 bits per heavy atom. The largest absolute Gasteiger partial charge is 0.264 e. The van der Waals surface area contributed by atoms with Gasteiger partial charge in [0.1, 0.15) is 0 Å². The molecule has 0 N–H and O–H groups in total. The van der Waals surface area contributed by atoms with Crippen LogP contribution in [-0.2, 0) is 0 Å². The second kappa shape index (κ2) is 16.3. The first-order valence-corrected chi connectivity index (χ1v) is 11.3. The van der Waals surface area contributed by atoms with Crippen LogP contribution < -0.4 is 0 Å². The Morgan fingerprint density at radius 1 is 0.500 bits per heavy atom. The summed E-state index contributed by atoms with van der Waals surface area (Å²) in [6.45, 7) is 25.9. The highest BCUT2D eigenvalue weighted by Gasteiger charge is 2.09. The summed E-state index contributed by atoms with van der Waals surface area (Å²) < 4.78 is 0. The van der Waals surface area contributed by atoms with Gasteiger partial charge in [0.05, 0.1) is 0 Å². The molecule has 2 rings (SSSR count). The summed E-state index contributed by atoms with van der Waals surface area (Å²) in [5, 5.41) is 0. The van der Waals surface area contributed by atoms with E-state index in [2.05, 4.69) is 90.7 Å². The van der Waals surface area contributed by atoms with E-state index in [0.29, 0.717) is 23.7 Å². The second-order valence-electron chi connectivity index (χ2n) is 7.75. The lowest BCUT2D eigenvalue weighted by Gasteiger charge is -2.14. The lowest BCUT2D eigenvalue weighted by atomic mass is 9.91. The lowest BCUT2D eigenvalue weighted by Crippen LogP contribution is -1.98. The number of hydrogen-bond donors (Lipinski definition) is 0. The van der Waals surface area contributed by atoms with E-state index in [-0.39, 0.29) is 0 Å². The van der Waals surface area contributed by atoms with Crippen molar-refractivity contribution in [3.8, 4) is 0 Å². The first kappa shape index (κ1) is 28.6. The van der Waals surface area contributed by atoms with Gasteiger partial charge in [0.15, 0.2) is 0 Å². The molecule has 0 bridgehead atoms. The van der Waals surface area contributed by atoms with E-state index < -0.39 is 0 Å². The molecule has 0 aliphatic heterocycles. The van der Waals surface area contributed by atoms with Gasteiger partial charge in [-0.1, -0.05) is 107 Å². The van der Waals surface area contributed by atoms with Crippen LogP contribution in [0, 0.1) is 0 Å². The molecular weight excluding hydrogens is 338 g/mol. The minimum atomic E-state index is 0.580. The third kappa shape index (κ3) is 10.1. The van der Waals surface area contributed by atoms with Crippen LogP contribution >= 0.6 is 0 Å². The maximum Gasteiger partial charge on any atom is 0.0305 e. The van der Waals surface area contributed by atoms with Gasteiger partial charge < -0.3 is 0 Å². The van der Waals surface area contributed by atoms with Gasteiger partial charge in [0, 0.05) is 12.4 Å². The predicted molar refractivity (Wildman–Crippen MR) is 130 cm³/mol. The Bertz CT molecular complexity index is 500. The predicted octanol–water partition coefficient (Wildman–Crippen LogP) is 9.31. The van der Waals surface area contributed by atoms with E-state index in [1.165, 1.54) is 22.3 Å². The van der Waals surface area contributed by atoms with Crippen LogP contribution in [0.15, 0.2) is 42.7 Å². The molecule has 0 saturated heterocycles. The van der Waals surface area contributed by atoms with Crippen molar-refractivity contribution < 1.29 is 0 Å². The van der Waals surface area contributed by atoms with Crippen molar-refractivity contribution in [1.29, 1.82) is 0 Å². The zero-order chi connectivity index (χ0) is 22.3. The molecule has 0 unspecified atom stereocenters. The molecule has 0 fully saturated rings. The molecule has 1 nitrogen and oxygen atoms in total. The Morgan fingerprint density at radius 2 is 0.821 bits per heavy atom. The van der Waals surface area contributed by atoms with Crippen LogP contribution in [0.2, 0.25) is 0 Å². The Kier molecular flexibility index (Phi) is 16.7. The number of benzene rings is 1. The van der Waals surface area contributed by atoms with E-state index in [9.17, 15) is 0 Å². The van der Waals surface area contributed by atoms with E-state index in [0.717, 1.165) is 0 Å². The van der Waals surface area contributed by atoms with Crippen LogP contribution in [0.4, 0.5) is 0 Å². The number of pyridine rings is 1. The van der Waals surface area contributed by atoms with Crippen LogP contribution in [-0.4, -0.2) is 4.98 Å². The van der Waals surface area contributed by atoms with Gasteiger partial charge in [0.2, 0.25) is 0 Å². The standard InChI is InChI=1S/C12H18.C11H17N.2C2H6/c1-9(2)11-7-5-6-8-12(11)10(3)4;1-8(2)10-5-6-12-7-11(10)9(3)4;2*1-2/h5-10H,1-4H3;5-9H,1-4H3;2*1-2H3. The molecule has 1 aromatic carbocycles. The fourth-order valence-corrected chi connectivity index (χ4v) is 2.99. The summed E-state index contributed by atoms with van der Waals surface area (Å²) in [5.41, 5.74) is 5.80. The normalized spacial score (nSPS) is 10.0. The number of rotatable bonds is 4. The summed E-state index contributed by atoms with van der Waals surface area (Å²) in [5.74, 6) is 2.47. The quantitative estimate of drug-likeness (QED) is 0.511. The smallest absolute Gasteiger partial charge is 0.0305 e. The van der Waals surface area contributed by atoms with Crippen molar-refractivity contribution in [3.63, 3.8) is 0 Å². The zero-order valence-electron chi connectivity index (χ0n) is 20.8. The van der Waals surface area contributed by atoms with Crippen molar-refractivity contribution in [1.82, 2.24) is 4.98 Å². The number of hydrogen-bond acceptors (Lipinski definition) is 1. The maximum absolute atomic E-state index is 4.15. The Balaban J connectivity index is 0. The molecular formula is C27H47N. The average Bonchev–Trinajstić information content (AvgIpc) is 2.71. The molecule has 160 valence electrons. The molecule has 1 aromatic heterocycles. The SMILES string of the molecule is CC.CC.CC(C)c1ccccc1C(C)C.CC(C)c1ccncc1C(C)C. The first-order valence-electron chi connectivity index (χ1n) is 11.3. The van der Waals surface area contributed by atoms with Crippen molar-refractivity contribution >= 4 is 0 Å². The summed E-state index contributed by atoms with van der Waals surface area (Å²) in [4.78, 5) is 4.15. The zero-order valence-corrected chi connectivity index (χ0v) is 20.8. The summed E-state index contributed by atoms with van der Waals surface area (Å²) in [7, 11) is 0. The highest BCUT2D eigenvalue weighted by Crippen LogP contribution is 2.25. The third-order valence-corrected chi connectivity index (χ3v) is 4.37. The van der Waals surface area contributed by atoms with E-state index in [1.54, 1.807) is 0 Å². The summed E-state index contributed by atoms with van der Waals surface area (Å²) in [6, 6.07) is 10.8. The van der Waals surface area contributed by atoms with Crippen molar-refractivity contribution in [3.05, 3.63) is 65.0 Å². The van der Waals surface area contributed by atoms with Gasteiger partial charge in [-0.2, -0.15) is 0 Å². The fraction of sp³-hybridized carbons (Fsp3) is 0.593. The summed E-state index contributed by atoms with van der Waals surface area (Å²) >= 11 is 0. The van der Waals surface area contributed by atoms with Gasteiger partial charge in [-0.15, -0.1) is 0 Å². The average molecular weight is 386 g/mol. The maximum atomic E-state index is 4.15. The molecule has 0 saturated carbocycles. The third-order valence-electron chi connectivity index (χ3n) is 4.37. The molecule has 2 aromatic rings. The second-order valence-corrected chi connectivity index (χ2v) is 7.75. The molecule has 0 atom stereocenters. The van der Waals surface area contributed by atoms with E-state index in [1.807, 2.05) is 40.1 Å². The van der Waals surface area contributed by atoms with E-state index >= 15 is 0 Å². The molecule has 1 heterocycles. The van der Waals surface area contributed by atoms with E-state index in [4.69, 9.17) is 0 Å². The van der Waals surface area contributed by atoms with Crippen LogP contribution in [0.1, 0.15) is 129 Å². The highest BCUT2D eigenvalue weighted by molar-refractivity contribution is 5.32. The van der Waals surface area contributed by atoms with Crippen LogP contribution in [0.5, 0.6) is 0 Å². The van der Waals surface area contributed by atoms with Gasteiger partial charge in [-0.25, -0.2) is 0 Å². The first-order chi connectivity index (χ1) is 13.3. The Hall–Kier alpha value is -1.63. The lowest BCUT2D eigenvalue weighted by molar-refractivity contribution is 0.783. The van der Waals surface area contributed by atoms with Gasteiger partial charge >= 0.3 is 0 Å². The minimum Gasteiger partial charge on any atom is -0.264 e. The van der Waals surface area contributed by atoms with Crippen LogP contribution in [0.3, 0.4) is 0 Å². The topological polar surface area (TPSA) is 12.9 Å². The monoisotopic (exact) mass is 385 g/mol. The molecule has 0 radical (unpaired) electrons. The van der Waals surface area contributed by atoms with Crippen molar-refractivity contribution in [2.24, 2.45) is 0 Å². The van der Waals surface area contributed by atoms with Crippen molar-refractivity contribution in [2.75, 3.05) is 0 Å². The molecule has 0 spiro atoms. The van der Waals surface area contributed by atoms with Gasteiger partial charge in [-0.3, -0.25) is 4.98 Å². The molecule has 0 aliphatic carbocycles. The van der Waals surface area contributed by atoms with Gasteiger partial charge in [-0.05, 0) is 52.0 Å². The molecule has 28 heavy (non-hydrogen) atoms. The molecule has 1 heteroatoms. The van der Waals surface area contributed by atoms with Gasteiger partial charge in [0.25, 0.3) is 0 Å².